The monoisotopic (exact) mass is 536 g/mol. The molecule has 4 rings (SSSR count). The number of nitrogens with zero attached hydrogens (tertiary/aromatic N) is 8. The molecule has 2 aromatic heterocycles. The quantitative estimate of drug-likeness (QED) is 0.498. The second-order valence-electron chi connectivity index (χ2n) is 10.7. The highest BCUT2D eigenvalue weighted by molar-refractivity contribution is 5.87. The van der Waals surface area contributed by atoms with Crippen LogP contribution < -0.4 is 20.9 Å². The molecule has 2 atom stereocenters. The van der Waals surface area contributed by atoms with E-state index in [0.29, 0.717) is 36.2 Å². The van der Waals surface area contributed by atoms with Gasteiger partial charge in [0.1, 0.15) is 17.7 Å². The van der Waals surface area contributed by atoms with E-state index in [9.17, 15) is 9.59 Å². The van der Waals surface area contributed by atoms with Crippen LogP contribution in [0.25, 0.3) is 5.82 Å². The molecule has 13 heteroatoms. The van der Waals surface area contributed by atoms with Gasteiger partial charge in [-0.05, 0) is 58.9 Å². The lowest BCUT2D eigenvalue weighted by Crippen LogP contribution is -2.58. The molecule has 1 aliphatic rings. The lowest BCUT2D eigenvalue weighted by molar-refractivity contribution is -0.133. The van der Waals surface area contributed by atoms with Crippen LogP contribution in [-0.4, -0.2) is 79.5 Å². The molecule has 1 fully saturated rings. The number of amides is 2. The standard InChI is InChI=1S/C26H36N10O3/c1-16-13-34(14-17(2)35(16)18(3)37)21-12-22(29-15-28-21)36-23(27)31-24(32-36)30-19-8-10-20(11-9-19)33(7)25(38)39-26(4,5)6/h8-12,15-17H,13-14H2,1-7H3,(H3,27,30,31,32)/t16-,17+. The summed E-state index contributed by atoms with van der Waals surface area (Å²) in [5.41, 5.74) is 6.98. The Bertz CT molecular complexity index is 1320. The highest BCUT2D eigenvalue weighted by Gasteiger charge is 2.32. The van der Waals surface area contributed by atoms with E-state index in [1.807, 2.05) is 39.5 Å². The third-order valence-corrected chi connectivity index (χ3v) is 6.27. The first-order valence-corrected chi connectivity index (χ1v) is 12.7. The second kappa shape index (κ2) is 10.8. The molecular weight excluding hydrogens is 500 g/mol. The molecule has 3 heterocycles. The van der Waals surface area contributed by atoms with Gasteiger partial charge < -0.3 is 25.6 Å². The minimum Gasteiger partial charge on any atom is -0.443 e. The van der Waals surface area contributed by atoms with Gasteiger partial charge in [-0.15, -0.1) is 5.10 Å². The highest BCUT2D eigenvalue weighted by Crippen LogP contribution is 2.24. The number of hydrogen-bond acceptors (Lipinski definition) is 10. The molecule has 0 spiro atoms. The van der Waals surface area contributed by atoms with Gasteiger partial charge in [0, 0.05) is 56.6 Å². The summed E-state index contributed by atoms with van der Waals surface area (Å²) in [6, 6.07) is 9.09. The van der Waals surface area contributed by atoms with Gasteiger partial charge in [0.25, 0.3) is 0 Å². The molecule has 39 heavy (non-hydrogen) atoms. The van der Waals surface area contributed by atoms with Gasteiger partial charge in [-0.2, -0.15) is 9.67 Å². The largest absolute Gasteiger partial charge is 0.443 e. The lowest BCUT2D eigenvalue weighted by atomic mass is 10.1. The number of nitrogens with two attached hydrogens (primary N) is 1. The minimum atomic E-state index is -0.580. The normalized spacial score (nSPS) is 17.6. The number of carbonyl (C=O) groups is 2. The number of nitrogens with one attached hydrogen (secondary N) is 1. The predicted octanol–water partition coefficient (Wildman–Crippen LogP) is 3.20. The minimum absolute atomic E-state index is 0.0484. The van der Waals surface area contributed by atoms with Gasteiger partial charge in [-0.25, -0.2) is 14.8 Å². The SMILES string of the molecule is CC(=O)N1[C@H](C)CN(c2cc(-n3nc(Nc4ccc(N(C)C(=O)OC(C)(C)C)cc4)nc3N)ncn2)C[C@@H]1C. The Morgan fingerprint density at radius 2 is 1.69 bits per heavy atom. The molecular formula is C26H36N10O3. The van der Waals surface area contributed by atoms with Gasteiger partial charge in [-0.1, -0.05) is 0 Å². The van der Waals surface area contributed by atoms with Crippen molar-refractivity contribution in [2.45, 2.75) is 59.2 Å². The van der Waals surface area contributed by atoms with E-state index in [0.717, 1.165) is 5.82 Å². The first-order chi connectivity index (χ1) is 18.3. The molecule has 1 saturated heterocycles. The summed E-state index contributed by atoms with van der Waals surface area (Å²) in [6.07, 6.45) is 1.02. The highest BCUT2D eigenvalue weighted by atomic mass is 16.6. The fraction of sp³-hybridized carbons (Fsp3) is 0.462. The number of rotatable bonds is 5. The number of aromatic nitrogens is 5. The van der Waals surface area contributed by atoms with Gasteiger partial charge in [-0.3, -0.25) is 9.69 Å². The third-order valence-electron chi connectivity index (χ3n) is 6.27. The molecule has 13 nitrogen and oxygen atoms in total. The first-order valence-electron chi connectivity index (χ1n) is 12.7. The van der Waals surface area contributed by atoms with E-state index in [1.165, 1.54) is 15.9 Å². The Kier molecular flexibility index (Phi) is 7.61. The number of ether oxygens (including phenoxy) is 1. The van der Waals surface area contributed by atoms with E-state index in [2.05, 4.69) is 30.3 Å². The summed E-state index contributed by atoms with van der Waals surface area (Å²) in [5.74, 6) is 1.71. The maximum atomic E-state index is 12.3. The second-order valence-corrected chi connectivity index (χ2v) is 10.7. The van der Waals surface area contributed by atoms with Crippen molar-refractivity contribution < 1.29 is 14.3 Å². The zero-order chi connectivity index (χ0) is 28.5. The van der Waals surface area contributed by atoms with Crippen LogP contribution >= 0.6 is 0 Å². The number of hydrogen-bond donors (Lipinski definition) is 2. The molecule has 0 unspecified atom stereocenters. The number of benzene rings is 1. The topological polar surface area (TPSA) is 148 Å². The summed E-state index contributed by atoms with van der Waals surface area (Å²) in [4.78, 5) is 42.9. The Hall–Kier alpha value is -4.42. The number of carbonyl (C=O) groups excluding carboxylic acids is 2. The van der Waals surface area contributed by atoms with Crippen LogP contribution in [0.1, 0.15) is 41.5 Å². The van der Waals surface area contributed by atoms with Crippen molar-refractivity contribution in [2.75, 3.05) is 41.0 Å². The molecule has 2 amide bonds. The Balaban J connectivity index is 1.46. The van der Waals surface area contributed by atoms with Crippen LogP contribution in [0.5, 0.6) is 0 Å². The van der Waals surface area contributed by atoms with Crippen LogP contribution in [-0.2, 0) is 9.53 Å². The fourth-order valence-corrected chi connectivity index (χ4v) is 4.64. The van der Waals surface area contributed by atoms with E-state index >= 15 is 0 Å². The lowest BCUT2D eigenvalue weighted by Gasteiger charge is -2.44. The van der Waals surface area contributed by atoms with Crippen molar-refractivity contribution in [3.63, 3.8) is 0 Å². The Morgan fingerprint density at radius 1 is 1.08 bits per heavy atom. The van der Waals surface area contributed by atoms with Crippen LogP contribution in [0.4, 0.5) is 33.9 Å². The van der Waals surface area contributed by atoms with Gasteiger partial charge in [0.15, 0.2) is 5.82 Å². The molecule has 3 N–H and O–H groups in total. The number of anilines is 5. The van der Waals surface area contributed by atoms with Gasteiger partial charge >= 0.3 is 6.09 Å². The molecule has 0 aliphatic carbocycles. The Morgan fingerprint density at radius 3 is 2.28 bits per heavy atom. The zero-order valence-corrected chi connectivity index (χ0v) is 23.4. The molecule has 1 aliphatic heterocycles. The smallest absolute Gasteiger partial charge is 0.414 e. The van der Waals surface area contributed by atoms with Crippen molar-refractivity contribution in [1.82, 2.24) is 29.6 Å². The Labute approximate surface area is 228 Å². The summed E-state index contributed by atoms with van der Waals surface area (Å²) in [7, 11) is 1.65. The van der Waals surface area contributed by atoms with E-state index < -0.39 is 11.7 Å². The third kappa shape index (κ3) is 6.36. The fourth-order valence-electron chi connectivity index (χ4n) is 4.64. The average Bonchev–Trinajstić information content (AvgIpc) is 3.22. The summed E-state index contributed by atoms with van der Waals surface area (Å²) in [6.45, 7) is 12.4. The van der Waals surface area contributed by atoms with Crippen LogP contribution in [0, 0.1) is 0 Å². The molecule has 1 aromatic carbocycles. The van der Waals surface area contributed by atoms with Crippen LogP contribution in [0.3, 0.4) is 0 Å². The summed E-state index contributed by atoms with van der Waals surface area (Å²) < 4.78 is 6.86. The van der Waals surface area contributed by atoms with Crippen molar-refractivity contribution in [3.8, 4) is 5.82 Å². The van der Waals surface area contributed by atoms with Crippen LogP contribution in [0.2, 0.25) is 0 Å². The van der Waals surface area contributed by atoms with Crippen molar-refractivity contribution in [1.29, 1.82) is 0 Å². The maximum Gasteiger partial charge on any atom is 0.414 e. The predicted molar refractivity (Wildman–Crippen MR) is 149 cm³/mol. The molecule has 0 radical (unpaired) electrons. The average molecular weight is 537 g/mol. The molecule has 3 aromatic rings. The zero-order valence-electron chi connectivity index (χ0n) is 23.4. The summed E-state index contributed by atoms with van der Waals surface area (Å²) >= 11 is 0. The van der Waals surface area contributed by atoms with Crippen molar-refractivity contribution in [3.05, 3.63) is 36.7 Å². The summed E-state index contributed by atoms with van der Waals surface area (Å²) in [5, 5.41) is 7.60. The van der Waals surface area contributed by atoms with E-state index in [4.69, 9.17) is 10.5 Å². The van der Waals surface area contributed by atoms with Crippen molar-refractivity contribution in [2.24, 2.45) is 0 Å². The first kappa shape index (κ1) is 27.6. The van der Waals surface area contributed by atoms with Gasteiger partial charge in [0.05, 0.1) is 0 Å². The van der Waals surface area contributed by atoms with Gasteiger partial charge in [0.2, 0.25) is 17.8 Å². The maximum absolute atomic E-state index is 12.3. The van der Waals surface area contributed by atoms with E-state index in [1.54, 1.807) is 44.3 Å². The number of nitrogen functional groups attached to an aromatic ring is 1. The molecule has 0 saturated carbocycles. The molecule has 208 valence electrons. The van der Waals surface area contributed by atoms with Crippen molar-refractivity contribution >= 4 is 41.1 Å². The van der Waals surface area contributed by atoms with E-state index in [-0.39, 0.29) is 23.9 Å². The number of piperazine rings is 1. The molecule has 0 bridgehead atoms. The van der Waals surface area contributed by atoms with Crippen LogP contribution in [0.15, 0.2) is 36.7 Å².